The largest absolute Gasteiger partial charge is 0.398 e. The number of nitrogens with two attached hydrogens (primary N) is 1. The van der Waals surface area contributed by atoms with Crippen LogP contribution in [-0.4, -0.2) is 8.42 Å². The van der Waals surface area contributed by atoms with Gasteiger partial charge in [-0.15, -0.1) is 0 Å². The molecule has 0 radical (unpaired) electrons. The van der Waals surface area contributed by atoms with E-state index in [-0.39, 0.29) is 16.1 Å². The lowest BCUT2D eigenvalue weighted by molar-refractivity contribution is 0.600. The Hall–Kier alpha value is -2.04. The first-order valence-corrected chi connectivity index (χ1v) is 8.20. The molecule has 0 atom stereocenters. The summed E-state index contributed by atoms with van der Waals surface area (Å²) in [5.41, 5.74) is 7.06. The normalized spacial score (nSPS) is 10.9. The van der Waals surface area contributed by atoms with Gasteiger partial charge in [-0.1, -0.05) is 22.0 Å². The number of anilines is 2. The van der Waals surface area contributed by atoms with Crippen molar-refractivity contribution in [1.29, 1.82) is 5.26 Å². The van der Waals surface area contributed by atoms with Crippen LogP contribution in [0.25, 0.3) is 0 Å². The average Bonchev–Trinajstić information content (AvgIpc) is 2.41. The molecule has 0 unspecified atom stereocenters. The van der Waals surface area contributed by atoms with Gasteiger partial charge in [-0.2, -0.15) is 5.26 Å². The molecule has 0 amide bonds. The van der Waals surface area contributed by atoms with Gasteiger partial charge in [-0.25, -0.2) is 8.42 Å². The number of benzene rings is 2. The van der Waals surface area contributed by atoms with Crippen molar-refractivity contribution in [2.45, 2.75) is 11.8 Å². The van der Waals surface area contributed by atoms with Crippen molar-refractivity contribution in [3.8, 4) is 6.07 Å². The molecule has 0 saturated carbocycles. The van der Waals surface area contributed by atoms with E-state index >= 15 is 0 Å². The highest BCUT2D eigenvalue weighted by Crippen LogP contribution is 2.26. The minimum absolute atomic E-state index is 0.0892. The maximum atomic E-state index is 12.5. The second kappa shape index (κ2) is 5.76. The van der Waals surface area contributed by atoms with E-state index in [0.717, 1.165) is 0 Å². The fraction of sp³-hybridized carbons (Fsp3) is 0.0714. The van der Waals surface area contributed by atoms with Crippen LogP contribution in [0, 0.1) is 18.3 Å². The number of nitrogens with one attached hydrogen (secondary N) is 1. The Kier molecular flexibility index (Phi) is 4.21. The topological polar surface area (TPSA) is 96.0 Å². The van der Waals surface area contributed by atoms with Crippen LogP contribution in [0.5, 0.6) is 0 Å². The molecule has 2 aromatic carbocycles. The van der Waals surface area contributed by atoms with E-state index in [9.17, 15) is 8.42 Å². The lowest BCUT2D eigenvalue weighted by atomic mass is 10.2. The van der Waals surface area contributed by atoms with Crippen molar-refractivity contribution in [3.05, 3.63) is 52.0 Å². The minimum atomic E-state index is -3.82. The van der Waals surface area contributed by atoms with Crippen molar-refractivity contribution < 1.29 is 8.42 Å². The molecule has 0 bridgehead atoms. The molecule has 0 heterocycles. The van der Waals surface area contributed by atoms with Gasteiger partial charge in [0.1, 0.15) is 6.07 Å². The average molecular weight is 366 g/mol. The van der Waals surface area contributed by atoms with Gasteiger partial charge in [0.15, 0.2) is 0 Å². The molecule has 2 aromatic rings. The van der Waals surface area contributed by atoms with Crippen LogP contribution in [-0.2, 0) is 10.0 Å². The molecule has 0 aliphatic heterocycles. The summed E-state index contributed by atoms with van der Waals surface area (Å²) in [5, 5.41) is 9.06. The van der Waals surface area contributed by atoms with E-state index in [4.69, 9.17) is 11.0 Å². The lowest BCUT2D eigenvalue weighted by Gasteiger charge is -2.12. The zero-order valence-corrected chi connectivity index (χ0v) is 13.5. The minimum Gasteiger partial charge on any atom is -0.398 e. The third-order valence-corrected chi connectivity index (χ3v) is 4.97. The second-order valence-corrected chi connectivity index (χ2v) is 6.94. The molecular weight excluding hydrogens is 354 g/mol. The number of rotatable bonds is 3. The number of hydrogen-bond acceptors (Lipinski definition) is 4. The molecule has 108 valence electrons. The predicted octanol–water partition coefficient (Wildman–Crippen LogP) is 3.01. The second-order valence-electron chi connectivity index (χ2n) is 4.38. The van der Waals surface area contributed by atoms with Crippen LogP contribution in [0.3, 0.4) is 0 Å². The Labute approximate surface area is 131 Å². The van der Waals surface area contributed by atoms with E-state index in [2.05, 4.69) is 20.7 Å². The van der Waals surface area contributed by atoms with Crippen LogP contribution < -0.4 is 10.5 Å². The molecule has 0 aromatic heterocycles. The molecular formula is C14H12BrN3O2S. The molecule has 7 heteroatoms. The van der Waals surface area contributed by atoms with Gasteiger partial charge in [-0.05, 0) is 42.8 Å². The molecule has 3 N–H and O–H groups in total. The summed E-state index contributed by atoms with van der Waals surface area (Å²) in [6.07, 6.45) is 0. The molecule has 0 saturated heterocycles. The molecule has 0 aliphatic rings. The summed E-state index contributed by atoms with van der Waals surface area (Å²) in [7, 11) is -3.82. The third-order valence-electron chi connectivity index (χ3n) is 2.96. The van der Waals surface area contributed by atoms with Gasteiger partial charge in [0.2, 0.25) is 0 Å². The predicted molar refractivity (Wildman–Crippen MR) is 85.3 cm³/mol. The van der Waals surface area contributed by atoms with E-state index < -0.39 is 10.0 Å². The van der Waals surface area contributed by atoms with Gasteiger partial charge in [0.05, 0.1) is 16.1 Å². The third kappa shape index (κ3) is 3.17. The van der Waals surface area contributed by atoms with Crippen LogP contribution in [0.4, 0.5) is 11.4 Å². The maximum absolute atomic E-state index is 12.5. The van der Waals surface area contributed by atoms with E-state index in [1.54, 1.807) is 25.1 Å². The molecule has 0 aliphatic carbocycles. The van der Waals surface area contributed by atoms with Gasteiger partial charge >= 0.3 is 0 Å². The van der Waals surface area contributed by atoms with E-state index in [1.165, 1.54) is 18.2 Å². The van der Waals surface area contributed by atoms with Crippen LogP contribution in [0.1, 0.15) is 11.1 Å². The lowest BCUT2D eigenvalue weighted by Crippen LogP contribution is -2.15. The van der Waals surface area contributed by atoms with Crippen molar-refractivity contribution in [2.24, 2.45) is 0 Å². The Morgan fingerprint density at radius 3 is 2.67 bits per heavy atom. The number of hydrogen-bond donors (Lipinski definition) is 2. The summed E-state index contributed by atoms with van der Waals surface area (Å²) >= 11 is 3.25. The van der Waals surface area contributed by atoms with Crippen LogP contribution in [0.15, 0.2) is 45.8 Å². The Bertz CT molecular complexity index is 842. The van der Waals surface area contributed by atoms with Crippen molar-refractivity contribution in [3.63, 3.8) is 0 Å². The Morgan fingerprint density at radius 1 is 1.29 bits per heavy atom. The van der Waals surface area contributed by atoms with Gasteiger partial charge < -0.3 is 5.73 Å². The van der Waals surface area contributed by atoms with E-state index in [0.29, 0.717) is 15.7 Å². The monoisotopic (exact) mass is 365 g/mol. The Balaban J connectivity index is 2.50. The smallest absolute Gasteiger partial charge is 0.262 e. The maximum Gasteiger partial charge on any atom is 0.262 e. The highest BCUT2D eigenvalue weighted by Gasteiger charge is 2.19. The SMILES string of the molecule is Cc1c(N)cccc1S(=O)(=O)Nc1cc(Br)ccc1C#N. The standard InChI is InChI=1S/C14H12BrN3O2S/c1-9-12(17)3-2-4-14(9)21(19,20)18-13-7-11(15)6-5-10(13)8-16/h2-7,18H,17H2,1H3. The highest BCUT2D eigenvalue weighted by molar-refractivity contribution is 9.10. The summed E-state index contributed by atoms with van der Waals surface area (Å²) in [5.74, 6) is 0. The highest BCUT2D eigenvalue weighted by atomic mass is 79.9. The number of nitrogens with zero attached hydrogens (tertiary/aromatic N) is 1. The summed E-state index contributed by atoms with van der Waals surface area (Å²) in [4.78, 5) is 0.0892. The molecule has 0 spiro atoms. The zero-order chi connectivity index (χ0) is 15.6. The summed E-state index contributed by atoms with van der Waals surface area (Å²) < 4.78 is 28.0. The van der Waals surface area contributed by atoms with Gasteiger partial charge in [0.25, 0.3) is 10.0 Å². The van der Waals surface area contributed by atoms with E-state index in [1.807, 2.05) is 6.07 Å². The quantitative estimate of drug-likeness (QED) is 0.817. The van der Waals surface area contributed by atoms with Crippen molar-refractivity contribution in [1.82, 2.24) is 0 Å². The zero-order valence-electron chi connectivity index (χ0n) is 11.1. The van der Waals surface area contributed by atoms with Crippen molar-refractivity contribution in [2.75, 3.05) is 10.5 Å². The molecule has 0 fully saturated rings. The first-order valence-electron chi connectivity index (χ1n) is 5.92. The van der Waals surface area contributed by atoms with Gasteiger partial charge in [0, 0.05) is 10.2 Å². The van der Waals surface area contributed by atoms with Crippen LogP contribution in [0.2, 0.25) is 0 Å². The fourth-order valence-electron chi connectivity index (χ4n) is 1.82. The molecule has 2 rings (SSSR count). The number of nitrogen functional groups attached to an aromatic ring is 1. The van der Waals surface area contributed by atoms with Gasteiger partial charge in [-0.3, -0.25) is 4.72 Å². The summed E-state index contributed by atoms with van der Waals surface area (Å²) in [6, 6.07) is 11.4. The summed E-state index contributed by atoms with van der Waals surface area (Å²) in [6.45, 7) is 1.63. The first-order chi connectivity index (χ1) is 9.85. The van der Waals surface area contributed by atoms with Crippen molar-refractivity contribution >= 4 is 37.3 Å². The molecule has 5 nitrogen and oxygen atoms in total. The van der Waals surface area contributed by atoms with Crippen LogP contribution >= 0.6 is 15.9 Å². The fourth-order valence-corrected chi connectivity index (χ4v) is 3.53. The number of halogens is 1. The number of sulfonamides is 1. The molecule has 21 heavy (non-hydrogen) atoms. The number of nitriles is 1. The Morgan fingerprint density at radius 2 is 2.00 bits per heavy atom. The first kappa shape index (κ1) is 15.4.